The number of hydrogen-bond donors (Lipinski definition) is 4. The molecular formula is C38H34BrN5O7. The van der Waals surface area contributed by atoms with Crippen LogP contribution in [0.1, 0.15) is 82.9 Å². The van der Waals surface area contributed by atoms with Gasteiger partial charge in [-0.25, -0.2) is 4.98 Å². The van der Waals surface area contributed by atoms with Gasteiger partial charge in [-0.1, -0.05) is 57.2 Å². The van der Waals surface area contributed by atoms with Crippen molar-refractivity contribution < 1.29 is 33.1 Å². The van der Waals surface area contributed by atoms with Crippen LogP contribution in [-0.4, -0.2) is 46.3 Å². The minimum atomic E-state index is -1.15. The summed E-state index contributed by atoms with van der Waals surface area (Å²) in [5, 5.41) is 9.96. The summed E-state index contributed by atoms with van der Waals surface area (Å²) in [7, 11) is 0. The molecule has 0 radical (unpaired) electrons. The molecule has 0 saturated heterocycles. The van der Waals surface area contributed by atoms with E-state index in [9.17, 15) is 19.2 Å². The molecule has 2 unspecified atom stereocenters. The van der Waals surface area contributed by atoms with Crippen molar-refractivity contribution in [3.05, 3.63) is 105 Å². The summed E-state index contributed by atoms with van der Waals surface area (Å²) in [5.41, 5.74) is 2.95. The number of carbonyl (C=O) groups excluding carboxylic acids is 4. The third kappa shape index (κ3) is 5.12. The average molecular weight is 753 g/mol. The average Bonchev–Trinajstić information content (AvgIpc) is 3.86. The van der Waals surface area contributed by atoms with Crippen LogP contribution in [0.2, 0.25) is 0 Å². The van der Waals surface area contributed by atoms with E-state index in [1.54, 1.807) is 18.2 Å². The summed E-state index contributed by atoms with van der Waals surface area (Å²) in [6.45, 7) is 6.71. The van der Waals surface area contributed by atoms with Crippen molar-refractivity contribution >= 4 is 56.1 Å². The second-order valence-electron chi connectivity index (χ2n) is 13.6. The van der Waals surface area contributed by atoms with Gasteiger partial charge < -0.3 is 34.8 Å². The maximum atomic E-state index is 14.4. The lowest BCUT2D eigenvalue weighted by Crippen LogP contribution is -2.41. The molecular weight excluding hydrogens is 718 g/mol. The van der Waals surface area contributed by atoms with Crippen molar-refractivity contribution in [2.45, 2.75) is 51.8 Å². The standard InChI is InChI=1S/C38H34BrN5O7/c1-17(2)29-36-43-32(35(48)41-16-26(46)22-15-40-30-21(22)7-5-10-28(30)49-19(4)45)33(51-36)38-23-8-6-9-25(39)31(23)44-37(38)50-27-12-11-20(14-24(27)38)13-18(3)34(47)42-29/h5-12,14-15,17-18,29,37,40,44H,13,16H2,1-4H3,(H,41,48)(H,42,47)/t18-,29?,37-,38?/m0/s1. The number of oxazole rings is 1. The number of Topliss-reactive ketones (excluding diaryl/α,β-unsaturated/α-hetero) is 1. The predicted molar refractivity (Wildman–Crippen MR) is 190 cm³/mol. The molecule has 5 heterocycles. The van der Waals surface area contributed by atoms with Crippen LogP contribution in [0.15, 0.2) is 69.7 Å². The Balaban J connectivity index is 1.25. The van der Waals surface area contributed by atoms with Crippen molar-refractivity contribution in [1.82, 2.24) is 20.6 Å². The molecule has 260 valence electrons. The Labute approximate surface area is 300 Å². The van der Waals surface area contributed by atoms with Crippen LogP contribution in [0.25, 0.3) is 10.9 Å². The number of carbonyl (C=O) groups is 4. The number of halogens is 1. The van der Waals surface area contributed by atoms with Crippen molar-refractivity contribution in [2.75, 3.05) is 11.9 Å². The summed E-state index contributed by atoms with van der Waals surface area (Å²) < 4.78 is 19.4. The Morgan fingerprint density at radius 1 is 1.10 bits per heavy atom. The van der Waals surface area contributed by atoms with E-state index < -0.39 is 29.6 Å². The van der Waals surface area contributed by atoms with Crippen LogP contribution in [-0.2, 0) is 21.4 Å². The third-order valence-electron chi connectivity index (χ3n) is 9.90. The Hall–Kier alpha value is -5.43. The first kappa shape index (κ1) is 32.8. The summed E-state index contributed by atoms with van der Waals surface area (Å²) in [6.07, 6.45) is 1.31. The largest absolute Gasteiger partial charge is 0.469 e. The molecule has 8 rings (SSSR count). The molecule has 2 aromatic heterocycles. The molecule has 0 saturated carbocycles. The van der Waals surface area contributed by atoms with Gasteiger partial charge >= 0.3 is 5.97 Å². The van der Waals surface area contributed by atoms with Crippen LogP contribution in [0.4, 0.5) is 5.69 Å². The Morgan fingerprint density at radius 3 is 2.69 bits per heavy atom. The molecule has 1 spiro atoms. The maximum absolute atomic E-state index is 14.4. The molecule has 3 aromatic carbocycles. The molecule has 13 heteroatoms. The van der Waals surface area contributed by atoms with E-state index >= 15 is 0 Å². The van der Waals surface area contributed by atoms with Gasteiger partial charge in [0.15, 0.2) is 29.2 Å². The number of ketones is 1. The third-order valence-corrected chi connectivity index (χ3v) is 10.6. The molecule has 2 amide bonds. The Morgan fingerprint density at radius 2 is 1.90 bits per heavy atom. The number of fused-ring (bicyclic) bond motifs is 5. The first-order valence-corrected chi connectivity index (χ1v) is 17.5. The number of rotatable bonds is 6. The number of nitrogens with one attached hydrogen (secondary N) is 4. The zero-order valence-corrected chi connectivity index (χ0v) is 29.8. The quantitative estimate of drug-likeness (QED) is 0.0934. The number of anilines is 1. The number of benzene rings is 3. The van der Waals surface area contributed by atoms with Gasteiger partial charge in [0.05, 0.1) is 17.7 Å². The van der Waals surface area contributed by atoms with E-state index in [1.165, 1.54) is 13.1 Å². The van der Waals surface area contributed by atoms with Crippen molar-refractivity contribution in [3.8, 4) is 11.5 Å². The zero-order valence-electron chi connectivity index (χ0n) is 28.2. The number of hydrogen-bond acceptors (Lipinski definition) is 9. The van der Waals surface area contributed by atoms with Crippen molar-refractivity contribution in [2.24, 2.45) is 11.8 Å². The minimum Gasteiger partial charge on any atom is -0.469 e. The van der Waals surface area contributed by atoms with Gasteiger partial charge in [-0.2, -0.15) is 0 Å². The summed E-state index contributed by atoms with van der Waals surface area (Å²) in [6, 6.07) is 16.1. The Kier molecular flexibility index (Phi) is 7.78. The molecule has 5 aromatic rings. The minimum absolute atomic E-state index is 0.0254. The van der Waals surface area contributed by atoms with Gasteiger partial charge in [-0.3, -0.25) is 19.2 Å². The highest BCUT2D eigenvalue weighted by Crippen LogP contribution is 2.59. The molecule has 4 N–H and O–H groups in total. The molecule has 3 aliphatic heterocycles. The van der Waals surface area contributed by atoms with E-state index in [-0.39, 0.29) is 47.4 Å². The molecule has 3 aliphatic rings. The van der Waals surface area contributed by atoms with Crippen molar-refractivity contribution in [1.29, 1.82) is 0 Å². The molecule has 4 bridgehead atoms. The maximum Gasteiger partial charge on any atom is 0.308 e. The fourth-order valence-corrected chi connectivity index (χ4v) is 7.95. The number of esters is 1. The van der Waals surface area contributed by atoms with Gasteiger partial charge in [0.25, 0.3) is 5.91 Å². The topological polar surface area (TPSA) is 165 Å². The van der Waals surface area contributed by atoms with E-state index in [0.29, 0.717) is 34.4 Å². The first-order chi connectivity index (χ1) is 24.5. The second-order valence-corrected chi connectivity index (χ2v) is 14.4. The zero-order chi connectivity index (χ0) is 35.8. The summed E-state index contributed by atoms with van der Waals surface area (Å²) in [5.74, 6) is -0.850. The van der Waals surface area contributed by atoms with Gasteiger partial charge in [0.2, 0.25) is 11.8 Å². The number of aromatic amines is 1. The molecule has 51 heavy (non-hydrogen) atoms. The van der Waals surface area contributed by atoms with Crippen molar-refractivity contribution in [3.63, 3.8) is 0 Å². The van der Waals surface area contributed by atoms with Gasteiger partial charge in [-0.05, 0) is 52.0 Å². The summed E-state index contributed by atoms with van der Waals surface area (Å²) >= 11 is 3.69. The normalized spacial score (nSPS) is 21.5. The number of amides is 2. The van der Waals surface area contributed by atoms with E-state index in [2.05, 4.69) is 36.9 Å². The SMILES string of the molecule is CC(=O)Oc1cccc2c(C(=O)CNC(=O)c3nc4oc3C35c6cc(ccc6O[C@@H]3Nc3c(Br)cccc35)C[C@H](C)C(=O)NC4C(C)C)c[nH]c12. The number of nitrogens with zero attached hydrogens (tertiary/aromatic N) is 1. The van der Waals surface area contributed by atoms with E-state index in [4.69, 9.17) is 18.9 Å². The molecule has 0 aliphatic carbocycles. The van der Waals surface area contributed by atoms with E-state index in [1.807, 2.05) is 57.2 Å². The fraction of sp³-hybridized carbons (Fsp3) is 0.289. The fourth-order valence-electron chi connectivity index (χ4n) is 7.47. The van der Waals surface area contributed by atoms with E-state index in [0.717, 1.165) is 26.9 Å². The van der Waals surface area contributed by atoms with Gasteiger partial charge in [0, 0.05) is 45.6 Å². The lowest BCUT2D eigenvalue weighted by atomic mass is 9.72. The second kappa shape index (κ2) is 12.1. The molecule has 12 nitrogen and oxygen atoms in total. The predicted octanol–water partition coefficient (Wildman–Crippen LogP) is 5.94. The highest BCUT2D eigenvalue weighted by Gasteiger charge is 2.61. The highest BCUT2D eigenvalue weighted by molar-refractivity contribution is 9.10. The van der Waals surface area contributed by atoms with Gasteiger partial charge in [0.1, 0.15) is 17.2 Å². The highest BCUT2D eigenvalue weighted by atomic mass is 79.9. The van der Waals surface area contributed by atoms with Crippen LogP contribution in [0, 0.1) is 11.8 Å². The van der Waals surface area contributed by atoms with Gasteiger partial charge in [-0.15, -0.1) is 0 Å². The number of aromatic nitrogens is 2. The van der Waals surface area contributed by atoms with Crippen LogP contribution in [0.3, 0.4) is 0 Å². The lowest BCUT2D eigenvalue weighted by Gasteiger charge is -2.28. The van der Waals surface area contributed by atoms with Crippen LogP contribution in [0.5, 0.6) is 11.5 Å². The summed E-state index contributed by atoms with van der Waals surface area (Å²) in [4.78, 5) is 60.9. The molecule has 4 atom stereocenters. The van der Waals surface area contributed by atoms with Crippen LogP contribution < -0.4 is 25.4 Å². The monoisotopic (exact) mass is 751 g/mol. The molecule has 0 fully saturated rings. The van der Waals surface area contributed by atoms with Crippen LogP contribution >= 0.6 is 15.9 Å². The number of para-hydroxylation sites is 2. The lowest BCUT2D eigenvalue weighted by molar-refractivity contribution is -0.131. The smallest absolute Gasteiger partial charge is 0.308 e. The number of ether oxygens (including phenoxy) is 2. The number of H-pyrrole nitrogens is 1. The first-order valence-electron chi connectivity index (χ1n) is 16.7. The Bertz CT molecular complexity index is 2290.